The van der Waals surface area contributed by atoms with Gasteiger partial charge < -0.3 is 11.1 Å². The van der Waals surface area contributed by atoms with Gasteiger partial charge in [-0.3, -0.25) is 4.79 Å². The number of nitrogen functional groups attached to an aromatic ring is 1. The summed E-state index contributed by atoms with van der Waals surface area (Å²) in [5.74, 6) is -0.116. The normalized spacial score (nSPS) is 10.2. The molecule has 0 bridgehead atoms. The zero-order valence-corrected chi connectivity index (χ0v) is 11.6. The van der Waals surface area contributed by atoms with Crippen molar-refractivity contribution in [2.45, 2.75) is 6.92 Å². The van der Waals surface area contributed by atoms with E-state index in [4.69, 9.17) is 5.73 Å². The third-order valence-corrected chi connectivity index (χ3v) is 4.04. The molecule has 1 aromatic heterocycles. The third-order valence-electron chi connectivity index (χ3n) is 2.42. The molecule has 5 heteroatoms. The van der Waals surface area contributed by atoms with Gasteiger partial charge in [0.25, 0.3) is 5.91 Å². The molecule has 1 heterocycles. The molecule has 17 heavy (non-hydrogen) atoms. The molecular weight excluding hydrogens is 300 g/mol. The lowest BCUT2D eigenvalue weighted by atomic mass is 10.1. The summed E-state index contributed by atoms with van der Waals surface area (Å²) in [6.45, 7) is 1.88. The van der Waals surface area contributed by atoms with E-state index < -0.39 is 0 Å². The molecule has 2 rings (SSSR count). The van der Waals surface area contributed by atoms with Crippen molar-refractivity contribution >= 4 is 44.5 Å². The second kappa shape index (κ2) is 4.89. The van der Waals surface area contributed by atoms with E-state index in [9.17, 15) is 4.79 Å². The van der Waals surface area contributed by atoms with Crippen LogP contribution in [0.25, 0.3) is 0 Å². The van der Waals surface area contributed by atoms with Crippen LogP contribution in [0, 0.1) is 6.92 Å². The Morgan fingerprint density at radius 3 is 2.76 bits per heavy atom. The smallest absolute Gasteiger partial charge is 0.265 e. The van der Waals surface area contributed by atoms with Gasteiger partial charge in [0.05, 0.1) is 8.66 Å². The highest BCUT2D eigenvalue weighted by Gasteiger charge is 2.10. The molecule has 0 aliphatic carbocycles. The summed E-state index contributed by atoms with van der Waals surface area (Å²) in [6.07, 6.45) is 0. The summed E-state index contributed by atoms with van der Waals surface area (Å²) in [7, 11) is 0. The number of amides is 1. The summed E-state index contributed by atoms with van der Waals surface area (Å²) < 4.78 is 0.937. The van der Waals surface area contributed by atoms with E-state index in [-0.39, 0.29) is 5.91 Å². The van der Waals surface area contributed by atoms with Crippen LogP contribution in [0.5, 0.6) is 0 Å². The van der Waals surface area contributed by atoms with Crippen LogP contribution in [0.3, 0.4) is 0 Å². The molecule has 3 nitrogen and oxygen atoms in total. The van der Waals surface area contributed by atoms with Gasteiger partial charge in [-0.25, -0.2) is 0 Å². The van der Waals surface area contributed by atoms with Gasteiger partial charge in [0.1, 0.15) is 0 Å². The van der Waals surface area contributed by atoms with Crippen LogP contribution in [-0.2, 0) is 0 Å². The highest BCUT2D eigenvalue weighted by Crippen LogP contribution is 2.25. The highest BCUT2D eigenvalue weighted by molar-refractivity contribution is 9.11. The van der Waals surface area contributed by atoms with Crippen molar-refractivity contribution in [2.75, 3.05) is 11.1 Å². The van der Waals surface area contributed by atoms with Gasteiger partial charge in [0, 0.05) is 11.4 Å². The van der Waals surface area contributed by atoms with Gasteiger partial charge in [0.2, 0.25) is 0 Å². The molecule has 0 radical (unpaired) electrons. The first-order valence-corrected chi connectivity index (χ1v) is 6.60. The number of nitrogens with two attached hydrogens (primary N) is 1. The number of thiophene rings is 1. The zero-order chi connectivity index (χ0) is 12.4. The molecule has 0 spiro atoms. The first-order chi connectivity index (χ1) is 8.08. The van der Waals surface area contributed by atoms with E-state index >= 15 is 0 Å². The second-order valence-corrected chi connectivity index (χ2v) is 6.04. The molecule has 1 aromatic carbocycles. The number of anilines is 2. The van der Waals surface area contributed by atoms with Gasteiger partial charge >= 0.3 is 0 Å². The predicted octanol–water partition coefficient (Wildman–Crippen LogP) is 3.65. The van der Waals surface area contributed by atoms with Crippen molar-refractivity contribution < 1.29 is 4.79 Å². The molecule has 0 aliphatic rings. The van der Waals surface area contributed by atoms with Crippen LogP contribution >= 0.6 is 27.3 Å². The molecule has 3 N–H and O–H groups in total. The van der Waals surface area contributed by atoms with E-state index in [1.54, 1.807) is 6.07 Å². The van der Waals surface area contributed by atoms with Gasteiger partial charge in [-0.15, -0.1) is 11.3 Å². The maximum absolute atomic E-state index is 11.9. The lowest BCUT2D eigenvalue weighted by Gasteiger charge is -2.08. The van der Waals surface area contributed by atoms with Crippen LogP contribution in [0.1, 0.15) is 15.2 Å². The molecule has 0 fully saturated rings. The summed E-state index contributed by atoms with van der Waals surface area (Å²) in [5.41, 5.74) is 8.09. The summed E-state index contributed by atoms with van der Waals surface area (Å²) in [6, 6.07) is 9.11. The van der Waals surface area contributed by atoms with Crippen LogP contribution in [0.2, 0.25) is 0 Å². The largest absolute Gasteiger partial charge is 0.398 e. The first kappa shape index (κ1) is 12.1. The Morgan fingerprint density at radius 1 is 1.35 bits per heavy atom. The molecular formula is C12H11BrN2OS. The number of halogens is 1. The van der Waals surface area contributed by atoms with E-state index in [1.165, 1.54) is 11.3 Å². The summed E-state index contributed by atoms with van der Waals surface area (Å²) in [4.78, 5) is 12.6. The van der Waals surface area contributed by atoms with Crippen molar-refractivity contribution in [3.05, 3.63) is 44.6 Å². The average Bonchev–Trinajstić information content (AvgIpc) is 2.72. The van der Waals surface area contributed by atoms with Crippen LogP contribution in [0.15, 0.2) is 34.1 Å². The van der Waals surface area contributed by atoms with Crippen LogP contribution in [-0.4, -0.2) is 5.91 Å². The molecule has 88 valence electrons. The van der Waals surface area contributed by atoms with Gasteiger partial charge in [-0.2, -0.15) is 0 Å². The van der Waals surface area contributed by atoms with Gasteiger partial charge in [-0.05, 0) is 52.7 Å². The minimum Gasteiger partial charge on any atom is -0.398 e. The SMILES string of the molecule is Cc1c(N)cccc1NC(=O)c1ccc(Br)s1. The van der Waals surface area contributed by atoms with Crippen molar-refractivity contribution in [2.24, 2.45) is 0 Å². The molecule has 0 aliphatic heterocycles. The summed E-state index contributed by atoms with van der Waals surface area (Å²) >= 11 is 4.73. The number of carbonyl (C=O) groups is 1. The Bertz CT molecular complexity index is 565. The monoisotopic (exact) mass is 310 g/mol. The Balaban J connectivity index is 2.21. The van der Waals surface area contributed by atoms with Gasteiger partial charge in [-0.1, -0.05) is 6.07 Å². The summed E-state index contributed by atoms with van der Waals surface area (Å²) in [5, 5.41) is 2.85. The number of rotatable bonds is 2. The second-order valence-electron chi connectivity index (χ2n) is 3.58. The number of carbonyl (C=O) groups excluding carboxylic acids is 1. The van der Waals surface area contributed by atoms with E-state index in [1.807, 2.05) is 31.2 Å². The average molecular weight is 311 g/mol. The minimum atomic E-state index is -0.116. The Morgan fingerprint density at radius 2 is 2.12 bits per heavy atom. The number of benzene rings is 1. The Labute approximate surface area is 112 Å². The van der Waals surface area contributed by atoms with Gasteiger partial charge in [0.15, 0.2) is 0 Å². The van der Waals surface area contributed by atoms with Crippen molar-refractivity contribution in [1.29, 1.82) is 0 Å². The maximum Gasteiger partial charge on any atom is 0.265 e. The Hall–Kier alpha value is -1.33. The maximum atomic E-state index is 11.9. The highest BCUT2D eigenvalue weighted by atomic mass is 79.9. The topological polar surface area (TPSA) is 55.1 Å². The first-order valence-electron chi connectivity index (χ1n) is 4.99. The number of hydrogen-bond acceptors (Lipinski definition) is 3. The Kier molecular flexibility index (Phi) is 3.49. The van der Waals surface area contributed by atoms with Crippen LogP contribution < -0.4 is 11.1 Å². The van der Waals surface area contributed by atoms with E-state index in [2.05, 4.69) is 21.2 Å². The number of hydrogen-bond donors (Lipinski definition) is 2. The quantitative estimate of drug-likeness (QED) is 0.832. The fourth-order valence-electron chi connectivity index (χ4n) is 1.41. The zero-order valence-electron chi connectivity index (χ0n) is 9.16. The van der Waals surface area contributed by atoms with E-state index in [0.29, 0.717) is 10.6 Å². The van der Waals surface area contributed by atoms with Crippen molar-refractivity contribution in [1.82, 2.24) is 0 Å². The van der Waals surface area contributed by atoms with Crippen molar-refractivity contribution in [3.8, 4) is 0 Å². The molecule has 1 amide bonds. The fourth-order valence-corrected chi connectivity index (χ4v) is 2.69. The molecule has 0 unspecified atom stereocenters. The van der Waals surface area contributed by atoms with Crippen molar-refractivity contribution in [3.63, 3.8) is 0 Å². The van der Waals surface area contributed by atoms with E-state index in [0.717, 1.165) is 15.0 Å². The molecule has 0 atom stereocenters. The predicted molar refractivity (Wildman–Crippen MR) is 75.6 cm³/mol. The lowest BCUT2D eigenvalue weighted by Crippen LogP contribution is -2.11. The minimum absolute atomic E-state index is 0.116. The molecule has 0 saturated carbocycles. The lowest BCUT2D eigenvalue weighted by molar-refractivity contribution is 0.103. The third kappa shape index (κ3) is 2.68. The fraction of sp³-hybridized carbons (Fsp3) is 0.0833. The molecule has 0 saturated heterocycles. The number of nitrogens with one attached hydrogen (secondary N) is 1. The standard InChI is InChI=1S/C12H11BrN2OS/c1-7-8(14)3-2-4-9(7)15-12(16)10-5-6-11(13)17-10/h2-6H,14H2,1H3,(H,15,16). The van der Waals surface area contributed by atoms with Crippen LogP contribution in [0.4, 0.5) is 11.4 Å². The molecule has 2 aromatic rings.